The molecule has 0 spiro atoms. The monoisotopic (exact) mass is 317 g/mol. The SMILES string of the molecule is COc1ccccc1C(=O)Oc1ccc2[nH]c3ccccc3c2c1. The zero-order chi connectivity index (χ0) is 16.5. The van der Waals surface area contributed by atoms with Crippen LogP contribution in [0.15, 0.2) is 66.7 Å². The molecule has 4 nitrogen and oxygen atoms in total. The zero-order valence-corrected chi connectivity index (χ0v) is 13.1. The number of ether oxygens (including phenoxy) is 2. The molecule has 1 N–H and O–H groups in total. The van der Waals surface area contributed by atoms with Crippen LogP contribution in [-0.4, -0.2) is 18.1 Å². The summed E-state index contributed by atoms with van der Waals surface area (Å²) in [6.07, 6.45) is 0. The van der Waals surface area contributed by atoms with Crippen LogP contribution in [-0.2, 0) is 0 Å². The van der Waals surface area contributed by atoms with E-state index in [1.165, 1.54) is 7.11 Å². The van der Waals surface area contributed by atoms with Gasteiger partial charge in [0.05, 0.1) is 7.11 Å². The van der Waals surface area contributed by atoms with E-state index in [0.29, 0.717) is 17.1 Å². The number of hydrogen-bond donors (Lipinski definition) is 1. The largest absolute Gasteiger partial charge is 0.496 e. The van der Waals surface area contributed by atoms with Crippen LogP contribution in [0.4, 0.5) is 0 Å². The molecule has 0 atom stereocenters. The highest BCUT2D eigenvalue weighted by Crippen LogP contribution is 2.29. The number of para-hydroxylation sites is 2. The summed E-state index contributed by atoms with van der Waals surface area (Å²) in [6.45, 7) is 0. The number of rotatable bonds is 3. The number of hydrogen-bond acceptors (Lipinski definition) is 3. The van der Waals surface area contributed by atoms with Gasteiger partial charge in [0.25, 0.3) is 0 Å². The first-order valence-corrected chi connectivity index (χ1v) is 7.62. The average Bonchev–Trinajstić information content (AvgIpc) is 2.99. The topological polar surface area (TPSA) is 51.3 Å². The number of esters is 1. The van der Waals surface area contributed by atoms with Crippen molar-refractivity contribution in [2.24, 2.45) is 0 Å². The van der Waals surface area contributed by atoms with Gasteiger partial charge in [-0.05, 0) is 36.4 Å². The first-order chi connectivity index (χ1) is 11.8. The average molecular weight is 317 g/mol. The molecule has 0 saturated carbocycles. The van der Waals surface area contributed by atoms with Gasteiger partial charge < -0.3 is 14.5 Å². The van der Waals surface area contributed by atoms with E-state index < -0.39 is 5.97 Å². The van der Waals surface area contributed by atoms with Crippen molar-refractivity contribution in [2.75, 3.05) is 7.11 Å². The summed E-state index contributed by atoms with van der Waals surface area (Å²) < 4.78 is 10.8. The van der Waals surface area contributed by atoms with E-state index in [2.05, 4.69) is 4.98 Å². The molecule has 4 aromatic rings. The van der Waals surface area contributed by atoms with Gasteiger partial charge in [0.1, 0.15) is 17.1 Å². The van der Waals surface area contributed by atoms with Gasteiger partial charge in [-0.25, -0.2) is 4.79 Å². The van der Waals surface area contributed by atoms with Crippen LogP contribution >= 0.6 is 0 Å². The van der Waals surface area contributed by atoms with Gasteiger partial charge in [0.2, 0.25) is 0 Å². The summed E-state index contributed by atoms with van der Waals surface area (Å²) in [6, 6.07) is 20.6. The fourth-order valence-corrected chi connectivity index (χ4v) is 2.87. The smallest absolute Gasteiger partial charge is 0.347 e. The lowest BCUT2D eigenvalue weighted by molar-refractivity contribution is 0.0731. The number of carbonyl (C=O) groups excluding carboxylic acids is 1. The number of nitrogens with one attached hydrogen (secondary N) is 1. The standard InChI is InChI=1S/C20H15NO3/c1-23-19-9-5-3-7-15(19)20(22)24-13-10-11-18-16(12-13)14-6-2-4-8-17(14)21-18/h2-12,21H,1H3. The van der Waals surface area contributed by atoms with E-state index in [9.17, 15) is 4.79 Å². The lowest BCUT2D eigenvalue weighted by atomic mass is 10.1. The molecule has 24 heavy (non-hydrogen) atoms. The van der Waals surface area contributed by atoms with Crippen molar-refractivity contribution in [3.8, 4) is 11.5 Å². The van der Waals surface area contributed by atoms with Crippen LogP contribution in [0.1, 0.15) is 10.4 Å². The molecule has 0 aliphatic heterocycles. The lowest BCUT2D eigenvalue weighted by Crippen LogP contribution is -2.09. The number of H-pyrrole nitrogens is 1. The molecule has 4 rings (SSSR count). The summed E-state index contributed by atoms with van der Waals surface area (Å²) in [5.41, 5.74) is 2.47. The molecule has 0 unspecified atom stereocenters. The number of aromatic nitrogens is 1. The molecule has 3 aromatic carbocycles. The van der Waals surface area contributed by atoms with Crippen LogP contribution in [0, 0.1) is 0 Å². The van der Waals surface area contributed by atoms with E-state index in [4.69, 9.17) is 9.47 Å². The molecule has 0 bridgehead atoms. The minimum absolute atomic E-state index is 0.402. The van der Waals surface area contributed by atoms with Crippen molar-refractivity contribution >= 4 is 27.8 Å². The third-order valence-electron chi connectivity index (χ3n) is 4.02. The maximum atomic E-state index is 12.4. The highest BCUT2D eigenvalue weighted by atomic mass is 16.5. The van der Waals surface area contributed by atoms with Crippen LogP contribution in [0.2, 0.25) is 0 Å². The molecule has 0 fully saturated rings. The van der Waals surface area contributed by atoms with Crippen LogP contribution in [0.3, 0.4) is 0 Å². The van der Waals surface area contributed by atoms with Gasteiger partial charge in [-0.3, -0.25) is 0 Å². The molecule has 118 valence electrons. The van der Waals surface area contributed by atoms with Crippen molar-refractivity contribution in [2.45, 2.75) is 0 Å². The fraction of sp³-hybridized carbons (Fsp3) is 0.0500. The van der Waals surface area contributed by atoms with Crippen molar-refractivity contribution in [3.05, 3.63) is 72.3 Å². The van der Waals surface area contributed by atoms with E-state index in [0.717, 1.165) is 21.8 Å². The second-order valence-electron chi connectivity index (χ2n) is 5.47. The highest BCUT2D eigenvalue weighted by molar-refractivity contribution is 6.07. The predicted molar refractivity (Wildman–Crippen MR) is 93.8 cm³/mol. The van der Waals surface area contributed by atoms with Gasteiger partial charge in [0, 0.05) is 21.8 Å². The van der Waals surface area contributed by atoms with Crippen LogP contribution in [0.5, 0.6) is 11.5 Å². The van der Waals surface area contributed by atoms with Crippen molar-refractivity contribution in [3.63, 3.8) is 0 Å². The molecular formula is C20H15NO3. The molecule has 0 aliphatic carbocycles. The van der Waals surface area contributed by atoms with E-state index in [1.54, 1.807) is 24.3 Å². The van der Waals surface area contributed by atoms with Crippen molar-refractivity contribution in [1.29, 1.82) is 0 Å². The maximum absolute atomic E-state index is 12.4. The lowest BCUT2D eigenvalue weighted by Gasteiger charge is -2.08. The van der Waals surface area contributed by atoms with Gasteiger partial charge >= 0.3 is 5.97 Å². The van der Waals surface area contributed by atoms with Gasteiger partial charge in [-0.1, -0.05) is 30.3 Å². The van der Waals surface area contributed by atoms with Crippen LogP contribution < -0.4 is 9.47 Å². The summed E-state index contributed by atoms with van der Waals surface area (Å²) >= 11 is 0. The molecule has 0 saturated heterocycles. The Balaban J connectivity index is 1.71. The Morgan fingerprint density at radius 1 is 0.875 bits per heavy atom. The van der Waals surface area contributed by atoms with Crippen molar-refractivity contribution < 1.29 is 14.3 Å². The summed E-state index contributed by atoms with van der Waals surface area (Å²) in [4.78, 5) is 15.8. The molecule has 0 aliphatic rings. The van der Waals surface area contributed by atoms with E-state index in [1.807, 2.05) is 42.5 Å². The van der Waals surface area contributed by atoms with E-state index >= 15 is 0 Å². The normalized spacial score (nSPS) is 10.9. The predicted octanol–water partition coefficient (Wildman–Crippen LogP) is 4.55. The zero-order valence-electron chi connectivity index (χ0n) is 13.1. The fourth-order valence-electron chi connectivity index (χ4n) is 2.87. The summed E-state index contributed by atoms with van der Waals surface area (Å²) in [5.74, 6) is 0.561. The molecule has 1 heterocycles. The minimum Gasteiger partial charge on any atom is -0.496 e. The summed E-state index contributed by atoms with van der Waals surface area (Å²) in [7, 11) is 1.53. The Morgan fingerprint density at radius 2 is 1.62 bits per heavy atom. The maximum Gasteiger partial charge on any atom is 0.347 e. The Labute approximate surface area is 138 Å². The number of benzene rings is 3. The first-order valence-electron chi connectivity index (χ1n) is 7.62. The molecule has 0 amide bonds. The molecular weight excluding hydrogens is 302 g/mol. The highest BCUT2D eigenvalue weighted by Gasteiger charge is 2.14. The molecule has 1 aromatic heterocycles. The quantitative estimate of drug-likeness (QED) is 0.445. The van der Waals surface area contributed by atoms with Crippen LogP contribution in [0.25, 0.3) is 21.8 Å². The van der Waals surface area contributed by atoms with E-state index in [-0.39, 0.29) is 0 Å². The van der Waals surface area contributed by atoms with Gasteiger partial charge in [0.15, 0.2) is 0 Å². The number of methoxy groups -OCH3 is 1. The number of carbonyl (C=O) groups is 1. The second kappa shape index (κ2) is 5.74. The molecule has 4 heteroatoms. The number of fused-ring (bicyclic) bond motifs is 3. The Kier molecular flexibility index (Phi) is 3.43. The second-order valence-corrected chi connectivity index (χ2v) is 5.47. The first kappa shape index (κ1) is 14.3. The Bertz CT molecular complexity index is 1050. The third kappa shape index (κ3) is 2.38. The van der Waals surface area contributed by atoms with Gasteiger partial charge in [-0.2, -0.15) is 0 Å². The third-order valence-corrected chi connectivity index (χ3v) is 4.02. The number of aromatic amines is 1. The van der Waals surface area contributed by atoms with Gasteiger partial charge in [-0.15, -0.1) is 0 Å². The summed E-state index contributed by atoms with van der Waals surface area (Å²) in [5, 5.41) is 2.12. The Morgan fingerprint density at radius 3 is 2.50 bits per heavy atom. The van der Waals surface area contributed by atoms with Crippen molar-refractivity contribution in [1.82, 2.24) is 4.98 Å². The molecule has 0 radical (unpaired) electrons. The Hall–Kier alpha value is -3.27. The minimum atomic E-state index is -0.438.